The van der Waals surface area contributed by atoms with Crippen molar-refractivity contribution in [2.24, 2.45) is 0 Å². The zero-order chi connectivity index (χ0) is 18.1. The lowest BCUT2D eigenvalue weighted by Gasteiger charge is -2.02. The molecule has 2 aromatic heterocycles. The second-order valence-electron chi connectivity index (χ2n) is 5.59. The molecule has 25 heavy (non-hydrogen) atoms. The minimum atomic E-state index is -1.13. The summed E-state index contributed by atoms with van der Waals surface area (Å²) in [4.78, 5) is 35.1. The summed E-state index contributed by atoms with van der Waals surface area (Å²) >= 11 is 1.26. The van der Waals surface area contributed by atoms with E-state index in [4.69, 9.17) is 9.52 Å². The van der Waals surface area contributed by atoms with Crippen LogP contribution in [0.2, 0.25) is 0 Å². The van der Waals surface area contributed by atoms with E-state index in [0.717, 1.165) is 9.57 Å². The number of nitrogens with one attached hydrogen (secondary N) is 1. The van der Waals surface area contributed by atoms with Crippen molar-refractivity contribution in [1.29, 1.82) is 0 Å². The van der Waals surface area contributed by atoms with Gasteiger partial charge in [0.05, 0.1) is 11.1 Å². The fraction of sp³-hybridized carbons (Fsp3) is 0.267. The Kier molecular flexibility index (Phi) is 4.36. The van der Waals surface area contributed by atoms with Gasteiger partial charge in [-0.25, -0.2) is 9.59 Å². The first kappa shape index (κ1) is 16.8. The Morgan fingerprint density at radius 2 is 2.12 bits per heavy atom. The number of carbonyl (C=O) groups is 2. The number of fused-ring (bicyclic) bond motifs is 1. The zero-order valence-corrected chi connectivity index (χ0v) is 14.2. The molecule has 3 aromatic rings. The number of aromatic nitrogens is 3. The molecule has 0 spiro atoms. The van der Waals surface area contributed by atoms with Crippen molar-refractivity contribution in [3.8, 4) is 0 Å². The summed E-state index contributed by atoms with van der Waals surface area (Å²) in [5, 5.41) is 20.6. The maximum Gasteiger partial charge on any atom is 0.420 e. The number of carbonyl (C=O) groups excluding carboxylic acids is 1. The van der Waals surface area contributed by atoms with E-state index in [1.165, 1.54) is 29.5 Å². The minimum absolute atomic E-state index is 0.00655. The number of carboxylic acid groups (broad SMARTS) is 1. The average Bonchev–Trinajstić information content (AvgIpc) is 3.12. The van der Waals surface area contributed by atoms with Gasteiger partial charge in [0.25, 0.3) is 0 Å². The molecule has 2 N–H and O–H groups in total. The van der Waals surface area contributed by atoms with E-state index in [-0.39, 0.29) is 23.6 Å². The third-order valence-corrected chi connectivity index (χ3v) is 4.54. The zero-order valence-electron chi connectivity index (χ0n) is 13.3. The highest BCUT2D eigenvalue weighted by Crippen LogP contribution is 2.22. The SMILES string of the molecule is CC(C)c1nnc(NC(=O)Cn2c(=O)oc3cc(C(=O)O)ccc32)s1. The summed E-state index contributed by atoms with van der Waals surface area (Å²) in [6.07, 6.45) is 0. The van der Waals surface area contributed by atoms with Gasteiger partial charge in [-0.05, 0) is 18.2 Å². The number of aromatic carboxylic acids is 1. The van der Waals surface area contributed by atoms with Crippen molar-refractivity contribution in [3.05, 3.63) is 39.3 Å². The normalized spacial score (nSPS) is 11.2. The highest BCUT2D eigenvalue weighted by atomic mass is 32.1. The molecule has 0 aliphatic rings. The van der Waals surface area contributed by atoms with Gasteiger partial charge in [-0.1, -0.05) is 25.2 Å². The molecule has 0 aliphatic heterocycles. The van der Waals surface area contributed by atoms with E-state index in [2.05, 4.69) is 15.5 Å². The van der Waals surface area contributed by atoms with Crippen LogP contribution in [0.15, 0.2) is 27.4 Å². The molecular formula is C15H14N4O5S. The average molecular weight is 362 g/mol. The Morgan fingerprint density at radius 3 is 2.76 bits per heavy atom. The van der Waals surface area contributed by atoms with Crippen LogP contribution in [0, 0.1) is 0 Å². The highest BCUT2D eigenvalue weighted by molar-refractivity contribution is 7.15. The summed E-state index contributed by atoms with van der Waals surface area (Å²) in [5.74, 6) is -2.13. The second-order valence-corrected chi connectivity index (χ2v) is 6.60. The maximum absolute atomic E-state index is 12.2. The molecule has 3 rings (SSSR count). The van der Waals surface area contributed by atoms with Crippen LogP contribution in [-0.2, 0) is 11.3 Å². The van der Waals surface area contributed by atoms with Crippen LogP contribution in [0.25, 0.3) is 11.1 Å². The number of anilines is 1. The Balaban J connectivity index is 1.82. The van der Waals surface area contributed by atoms with E-state index >= 15 is 0 Å². The lowest BCUT2D eigenvalue weighted by Crippen LogP contribution is -2.24. The van der Waals surface area contributed by atoms with E-state index in [1.807, 2.05) is 13.8 Å². The van der Waals surface area contributed by atoms with Crippen LogP contribution in [0.1, 0.15) is 35.1 Å². The predicted molar refractivity (Wildman–Crippen MR) is 90.1 cm³/mol. The van der Waals surface area contributed by atoms with Gasteiger partial charge in [-0.3, -0.25) is 14.7 Å². The number of nitrogens with zero attached hydrogens (tertiary/aromatic N) is 3. The lowest BCUT2D eigenvalue weighted by atomic mass is 10.2. The molecule has 9 nitrogen and oxygen atoms in total. The lowest BCUT2D eigenvalue weighted by molar-refractivity contribution is -0.116. The van der Waals surface area contributed by atoms with Crippen molar-refractivity contribution in [2.75, 3.05) is 5.32 Å². The van der Waals surface area contributed by atoms with Gasteiger partial charge in [0.15, 0.2) is 5.58 Å². The molecule has 0 aliphatic carbocycles. The molecule has 1 amide bonds. The fourth-order valence-electron chi connectivity index (χ4n) is 2.17. The van der Waals surface area contributed by atoms with Crippen LogP contribution in [0.4, 0.5) is 5.13 Å². The molecule has 0 bridgehead atoms. The third kappa shape index (κ3) is 3.43. The molecule has 10 heteroatoms. The Morgan fingerprint density at radius 1 is 1.36 bits per heavy atom. The van der Waals surface area contributed by atoms with Crippen molar-refractivity contribution in [1.82, 2.24) is 14.8 Å². The van der Waals surface area contributed by atoms with Crippen LogP contribution in [0.5, 0.6) is 0 Å². The van der Waals surface area contributed by atoms with Gasteiger partial charge >= 0.3 is 11.7 Å². The van der Waals surface area contributed by atoms with Crippen molar-refractivity contribution >= 4 is 39.4 Å². The Bertz CT molecular complexity index is 1020. The monoisotopic (exact) mass is 362 g/mol. The molecular weight excluding hydrogens is 348 g/mol. The summed E-state index contributed by atoms with van der Waals surface area (Å²) in [7, 11) is 0. The van der Waals surface area contributed by atoms with E-state index in [0.29, 0.717) is 10.6 Å². The molecule has 0 unspecified atom stereocenters. The van der Waals surface area contributed by atoms with Gasteiger partial charge in [-0.2, -0.15) is 0 Å². The van der Waals surface area contributed by atoms with Gasteiger partial charge in [-0.15, -0.1) is 10.2 Å². The quantitative estimate of drug-likeness (QED) is 0.709. The number of oxazole rings is 1. The smallest absolute Gasteiger partial charge is 0.420 e. The Hall–Kier alpha value is -3.01. The van der Waals surface area contributed by atoms with Crippen LogP contribution < -0.4 is 11.1 Å². The predicted octanol–water partition coefficient (Wildman–Crippen LogP) is 1.91. The molecule has 0 atom stereocenters. The first-order valence-electron chi connectivity index (χ1n) is 7.35. The molecule has 2 heterocycles. The van der Waals surface area contributed by atoms with E-state index in [9.17, 15) is 14.4 Å². The van der Waals surface area contributed by atoms with E-state index < -0.39 is 17.6 Å². The number of benzene rings is 1. The van der Waals surface area contributed by atoms with Crippen molar-refractivity contribution in [2.45, 2.75) is 26.3 Å². The largest absolute Gasteiger partial charge is 0.478 e. The second kappa shape index (κ2) is 6.48. The standard InChI is InChI=1S/C15H14N4O5S/c1-7(2)12-17-18-14(25-12)16-11(20)6-19-9-4-3-8(13(21)22)5-10(9)24-15(19)23/h3-5,7H,6H2,1-2H3,(H,21,22)(H,16,18,20). The molecule has 1 aromatic carbocycles. The number of hydrogen-bond donors (Lipinski definition) is 2. The van der Waals surface area contributed by atoms with Gasteiger partial charge < -0.3 is 9.52 Å². The molecule has 0 radical (unpaired) electrons. The minimum Gasteiger partial charge on any atom is -0.478 e. The topological polar surface area (TPSA) is 127 Å². The summed E-state index contributed by atoms with van der Waals surface area (Å²) in [6.45, 7) is 3.65. The first-order valence-corrected chi connectivity index (χ1v) is 8.16. The fourth-order valence-corrected chi connectivity index (χ4v) is 2.93. The molecule has 0 fully saturated rings. The van der Waals surface area contributed by atoms with Crippen LogP contribution >= 0.6 is 11.3 Å². The highest BCUT2D eigenvalue weighted by Gasteiger charge is 2.16. The molecule has 0 saturated carbocycles. The van der Waals surface area contributed by atoms with Gasteiger partial charge in [0, 0.05) is 5.92 Å². The van der Waals surface area contributed by atoms with Gasteiger partial charge in [0.2, 0.25) is 11.0 Å². The van der Waals surface area contributed by atoms with Gasteiger partial charge in [0.1, 0.15) is 11.6 Å². The number of rotatable bonds is 5. The van der Waals surface area contributed by atoms with Crippen molar-refractivity contribution in [3.63, 3.8) is 0 Å². The van der Waals surface area contributed by atoms with Crippen LogP contribution in [0.3, 0.4) is 0 Å². The van der Waals surface area contributed by atoms with Crippen LogP contribution in [-0.4, -0.2) is 31.7 Å². The summed E-state index contributed by atoms with van der Waals surface area (Å²) < 4.78 is 6.14. The molecule has 0 saturated heterocycles. The number of amides is 1. The number of carboxylic acids is 1. The summed E-state index contributed by atoms with van der Waals surface area (Å²) in [5.41, 5.74) is 0.439. The Labute approximate surface area is 144 Å². The number of hydrogen-bond acceptors (Lipinski definition) is 7. The first-order chi connectivity index (χ1) is 11.8. The third-order valence-electron chi connectivity index (χ3n) is 3.40. The van der Waals surface area contributed by atoms with E-state index in [1.54, 1.807) is 0 Å². The summed E-state index contributed by atoms with van der Waals surface area (Å²) in [6, 6.07) is 4.01. The maximum atomic E-state index is 12.2. The van der Waals surface area contributed by atoms with Crippen molar-refractivity contribution < 1.29 is 19.1 Å². The molecule has 130 valence electrons.